The Labute approximate surface area is 245 Å². The normalized spacial score (nSPS) is 14.7. The van der Waals surface area contributed by atoms with Gasteiger partial charge < -0.3 is 15.4 Å². The van der Waals surface area contributed by atoms with Crippen molar-refractivity contribution in [2.75, 3.05) is 7.11 Å². The molecule has 1 unspecified atom stereocenters. The topological polar surface area (TPSA) is 85.5 Å². The number of alkyl halides is 3. The lowest BCUT2D eigenvalue weighted by molar-refractivity contribution is -0.137. The zero-order valence-electron chi connectivity index (χ0n) is 21.4. The number of carbonyl (C=O) groups excluding carboxylic acids is 2. The third kappa shape index (κ3) is 5.14. The van der Waals surface area contributed by atoms with Gasteiger partial charge in [0.05, 0.1) is 29.8 Å². The van der Waals surface area contributed by atoms with E-state index in [1.54, 1.807) is 24.3 Å². The van der Waals surface area contributed by atoms with Crippen molar-refractivity contribution in [3.05, 3.63) is 116 Å². The molecular weight excluding hydrogens is 604 g/mol. The Hall–Kier alpha value is -4.22. The predicted molar refractivity (Wildman–Crippen MR) is 144 cm³/mol. The van der Waals surface area contributed by atoms with Gasteiger partial charge in [-0.2, -0.15) is 13.2 Å². The van der Waals surface area contributed by atoms with Crippen molar-refractivity contribution >= 4 is 35.0 Å². The van der Waals surface area contributed by atoms with Crippen molar-refractivity contribution in [3.63, 3.8) is 0 Å². The van der Waals surface area contributed by atoms with Gasteiger partial charge in [0.2, 0.25) is 5.91 Å². The van der Waals surface area contributed by atoms with Gasteiger partial charge in [-0.25, -0.2) is 13.8 Å². The van der Waals surface area contributed by atoms with Gasteiger partial charge in [0.1, 0.15) is 22.5 Å². The molecule has 0 spiro atoms. The zero-order valence-corrected chi connectivity index (χ0v) is 22.9. The summed E-state index contributed by atoms with van der Waals surface area (Å²) >= 11 is 12.8. The van der Waals surface area contributed by atoms with Gasteiger partial charge in [-0.1, -0.05) is 35.3 Å². The second-order valence-electron chi connectivity index (χ2n) is 9.34. The molecule has 6 nitrogen and oxygen atoms in total. The summed E-state index contributed by atoms with van der Waals surface area (Å²) in [4.78, 5) is 31.5. The highest BCUT2D eigenvalue weighted by Crippen LogP contribution is 2.49. The number of carbonyl (C=O) groups is 2. The minimum absolute atomic E-state index is 0.0312. The number of aromatic nitrogens is 1. The van der Waals surface area contributed by atoms with Crippen molar-refractivity contribution < 1.29 is 36.3 Å². The number of methoxy groups -OCH3 is 1. The molecule has 1 aromatic heterocycles. The van der Waals surface area contributed by atoms with E-state index in [0.29, 0.717) is 17.4 Å². The number of primary amides is 1. The van der Waals surface area contributed by atoms with E-state index in [2.05, 4.69) is 4.98 Å². The van der Waals surface area contributed by atoms with Crippen LogP contribution < -0.4 is 10.5 Å². The second kappa shape index (κ2) is 10.9. The molecule has 13 heteroatoms. The maximum atomic E-state index is 15.6. The standard InChI is InChI=1S/C29H18Cl2F5N3O3/c1-42-16-5-2-13(3-6-16)12-39-25(17-10-15(32)4-7-20(17)30)23-19(11-38-26(31)24(23)28(39)41)22-18(27(37)40)8-14(9-21(22)33)29(34,35)36/h2-11,25H,12H2,1H3,(H2,37,40). The lowest BCUT2D eigenvalue weighted by atomic mass is 9.88. The number of benzene rings is 3. The fraction of sp³-hybridized carbons (Fsp3) is 0.138. The molecule has 1 aliphatic rings. The van der Waals surface area contributed by atoms with E-state index >= 15 is 4.39 Å². The molecule has 0 radical (unpaired) electrons. The molecule has 2 amide bonds. The molecule has 2 N–H and O–H groups in total. The molecule has 0 aliphatic carbocycles. The summed E-state index contributed by atoms with van der Waals surface area (Å²) in [6.07, 6.45) is -3.98. The van der Waals surface area contributed by atoms with Gasteiger partial charge in [-0.05, 0) is 48.0 Å². The van der Waals surface area contributed by atoms with E-state index in [1.165, 1.54) is 18.1 Å². The highest BCUT2D eigenvalue weighted by atomic mass is 35.5. The number of hydrogen-bond donors (Lipinski definition) is 1. The van der Waals surface area contributed by atoms with Gasteiger partial charge in [0.25, 0.3) is 5.91 Å². The summed E-state index contributed by atoms with van der Waals surface area (Å²) in [6.45, 7) is -0.0804. The molecule has 1 atom stereocenters. The van der Waals surface area contributed by atoms with Crippen molar-refractivity contribution in [2.45, 2.75) is 18.8 Å². The summed E-state index contributed by atoms with van der Waals surface area (Å²) in [7, 11) is 1.48. The van der Waals surface area contributed by atoms with E-state index < -0.39 is 52.4 Å². The Morgan fingerprint density at radius 1 is 1.05 bits per heavy atom. The van der Waals surface area contributed by atoms with Crippen LogP contribution in [0.1, 0.15) is 49.0 Å². The van der Waals surface area contributed by atoms with E-state index in [4.69, 9.17) is 33.7 Å². The number of ether oxygens (including phenoxy) is 1. The Bertz CT molecular complexity index is 1750. The minimum atomic E-state index is -4.99. The van der Waals surface area contributed by atoms with Crippen LogP contribution >= 0.6 is 23.2 Å². The predicted octanol–water partition coefficient (Wildman–Crippen LogP) is 7.21. The van der Waals surface area contributed by atoms with Gasteiger partial charge in [-0.3, -0.25) is 9.59 Å². The second-order valence-corrected chi connectivity index (χ2v) is 10.1. The van der Waals surface area contributed by atoms with Crippen molar-refractivity contribution in [2.24, 2.45) is 5.73 Å². The number of hydrogen-bond acceptors (Lipinski definition) is 4. The van der Waals surface area contributed by atoms with Crippen LogP contribution in [0.15, 0.2) is 60.8 Å². The molecule has 5 rings (SSSR count). The fourth-order valence-corrected chi connectivity index (χ4v) is 5.43. The molecule has 3 aromatic carbocycles. The van der Waals surface area contributed by atoms with Crippen LogP contribution in [0.2, 0.25) is 10.2 Å². The number of halogens is 7. The van der Waals surface area contributed by atoms with Crippen LogP contribution in [-0.2, 0) is 12.7 Å². The summed E-state index contributed by atoms with van der Waals surface area (Å²) < 4.78 is 75.8. The summed E-state index contributed by atoms with van der Waals surface area (Å²) in [5, 5.41) is -0.273. The zero-order chi connectivity index (χ0) is 30.5. The van der Waals surface area contributed by atoms with Crippen LogP contribution in [0, 0.1) is 11.6 Å². The van der Waals surface area contributed by atoms with Crippen LogP contribution in [0.25, 0.3) is 11.1 Å². The summed E-state index contributed by atoms with van der Waals surface area (Å²) in [5.74, 6) is -3.67. The molecule has 0 bridgehead atoms. The number of fused-ring (bicyclic) bond motifs is 1. The number of nitrogens with zero attached hydrogens (tertiary/aromatic N) is 2. The molecule has 0 fully saturated rings. The maximum absolute atomic E-state index is 15.6. The number of nitrogens with two attached hydrogens (primary N) is 1. The average molecular weight is 622 g/mol. The van der Waals surface area contributed by atoms with Crippen molar-refractivity contribution in [1.82, 2.24) is 9.88 Å². The maximum Gasteiger partial charge on any atom is 0.416 e. The molecular formula is C29H18Cl2F5N3O3. The van der Waals surface area contributed by atoms with E-state index in [1.807, 2.05) is 0 Å². The third-order valence-corrected chi connectivity index (χ3v) is 7.48. The molecule has 4 aromatic rings. The first kappa shape index (κ1) is 29.3. The number of pyridine rings is 1. The Morgan fingerprint density at radius 2 is 1.74 bits per heavy atom. The van der Waals surface area contributed by atoms with Gasteiger partial charge in [-0.15, -0.1) is 0 Å². The Kier molecular flexibility index (Phi) is 7.59. The van der Waals surface area contributed by atoms with Crippen LogP contribution in [-0.4, -0.2) is 28.8 Å². The number of amides is 2. The monoisotopic (exact) mass is 621 g/mol. The molecule has 0 saturated carbocycles. The van der Waals surface area contributed by atoms with E-state index in [9.17, 15) is 27.2 Å². The van der Waals surface area contributed by atoms with Crippen LogP contribution in [0.3, 0.4) is 0 Å². The minimum Gasteiger partial charge on any atom is -0.497 e. The smallest absolute Gasteiger partial charge is 0.416 e. The Balaban J connectivity index is 1.80. The summed E-state index contributed by atoms with van der Waals surface area (Å²) in [5.41, 5.74) is 2.70. The Morgan fingerprint density at radius 3 is 2.36 bits per heavy atom. The van der Waals surface area contributed by atoms with Gasteiger partial charge >= 0.3 is 6.18 Å². The van der Waals surface area contributed by atoms with Gasteiger partial charge in [0.15, 0.2) is 0 Å². The highest BCUT2D eigenvalue weighted by Gasteiger charge is 2.44. The lowest BCUT2D eigenvalue weighted by Gasteiger charge is -2.28. The molecule has 216 valence electrons. The molecule has 1 aliphatic heterocycles. The molecule has 2 heterocycles. The van der Waals surface area contributed by atoms with Crippen molar-refractivity contribution in [3.8, 4) is 16.9 Å². The average Bonchev–Trinajstić information content (AvgIpc) is 3.22. The largest absolute Gasteiger partial charge is 0.497 e. The highest BCUT2D eigenvalue weighted by molar-refractivity contribution is 6.34. The fourth-order valence-electron chi connectivity index (χ4n) is 4.98. The quantitative estimate of drug-likeness (QED) is 0.182. The lowest BCUT2D eigenvalue weighted by Crippen LogP contribution is -2.28. The van der Waals surface area contributed by atoms with E-state index in [0.717, 1.165) is 18.3 Å². The SMILES string of the molecule is COc1ccc(CN2C(=O)c3c(Cl)ncc(-c4c(F)cc(C(F)(F)F)cc4C(N)=O)c3C2c2cc(F)ccc2Cl)cc1. The van der Waals surface area contributed by atoms with Crippen LogP contribution in [0.4, 0.5) is 22.0 Å². The van der Waals surface area contributed by atoms with Gasteiger partial charge in [0, 0.05) is 40.0 Å². The molecule has 42 heavy (non-hydrogen) atoms. The summed E-state index contributed by atoms with van der Waals surface area (Å²) in [6, 6.07) is 9.50. The third-order valence-electron chi connectivity index (χ3n) is 6.85. The first-order valence-corrected chi connectivity index (χ1v) is 12.9. The van der Waals surface area contributed by atoms with Crippen LogP contribution in [0.5, 0.6) is 5.75 Å². The van der Waals surface area contributed by atoms with E-state index in [-0.39, 0.29) is 45.0 Å². The molecule has 0 saturated heterocycles. The van der Waals surface area contributed by atoms with Crippen molar-refractivity contribution in [1.29, 1.82) is 0 Å². The number of rotatable bonds is 6. The first-order valence-electron chi connectivity index (χ1n) is 12.1. The first-order chi connectivity index (χ1) is 19.8.